The Morgan fingerprint density at radius 3 is 1.80 bits per heavy atom. The second kappa shape index (κ2) is 5.88. The molecule has 0 atom stereocenters. The van der Waals surface area contributed by atoms with Gasteiger partial charge in [-0.2, -0.15) is 0 Å². The van der Waals surface area contributed by atoms with Crippen LogP contribution in [0.2, 0.25) is 0 Å². The maximum Gasteiger partial charge on any atom is 0.178 e. The lowest BCUT2D eigenvalue weighted by Gasteiger charge is -2.19. The van der Waals surface area contributed by atoms with Crippen LogP contribution in [0.5, 0.6) is 0 Å². The van der Waals surface area contributed by atoms with Gasteiger partial charge in [-0.3, -0.25) is 0 Å². The van der Waals surface area contributed by atoms with E-state index in [0.717, 1.165) is 12.0 Å². The van der Waals surface area contributed by atoms with Gasteiger partial charge in [-0.25, -0.2) is 8.42 Å². The summed E-state index contributed by atoms with van der Waals surface area (Å²) < 4.78 is 24.6. The molecule has 3 heteroatoms. The van der Waals surface area contributed by atoms with E-state index in [2.05, 4.69) is 41.5 Å². The van der Waals surface area contributed by atoms with Crippen LogP contribution in [0.3, 0.4) is 0 Å². The van der Waals surface area contributed by atoms with Crippen molar-refractivity contribution in [2.45, 2.75) is 64.7 Å². The fourth-order valence-electron chi connectivity index (χ4n) is 2.07. The maximum atomic E-state index is 12.3. The average molecular weight is 296 g/mol. The van der Waals surface area contributed by atoms with E-state index in [1.165, 1.54) is 0 Å². The van der Waals surface area contributed by atoms with Gasteiger partial charge < -0.3 is 0 Å². The summed E-state index contributed by atoms with van der Waals surface area (Å²) in [6.07, 6.45) is 1.64. The van der Waals surface area contributed by atoms with Gasteiger partial charge >= 0.3 is 0 Å². The van der Waals surface area contributed by atoms with Crippen LogP contribution in [0.1, 0.15) is 59.9 Å². The minimum atomic E-state index is -3.14. The van der Waals surface area contributed by atoms with Crippen molar-refractivity contribution < 1.29 is 8.42 Å². The second-order valence-electron chi connectivity index (χ2n) is 7.76. The van der Waals surface area contributed by atoms with Gasteiger partial charge in [-0.1, -0.05) is 53.7 Å². The number of sulfone groups is 1. The molecule has 0 fully saturated rings. The van der Waals surface area contributed by atoms with Crippen molar-refractivity contribution in [2.75, 3.05) is 5.75 Å². The van der Waals surface area contributed by atoms with Gasteiger partial charge in [0, 0.05) is 0 Å². The highest BCUT2D eigenvalue weighted by molar-refractivity contribution is 7.91. The molecule has 0 spiro atoms. The molecule has 0 saturated carbocycles. The van der Waals surface area contributed by atoms with Crippen molar-refractivity contribution in [1.82, 2.24) is 0 Å². The number of hydrogen-bond acceptors (Lipinski definition) is 2. The summed E-state index contributed by atoms with van der Waals surface area (Å²) in [5.41, 5.74) is 1.39. The molecule has 1 aromatic carbocycles. The van der Waals surface area contributed by atoms with Crippen LogP contribution in [0.15, 0.2) is 29.2 Å². The smallest absolute Gasteiger partial charge is 0.178 e. The predicted molar refractivity (Wildman–Crippen MR) is 85.9 cm³/mol. The van der Waals surface area contributed by atoms with Crippen LogP contribution in [-0.4, -0.2) is 14.2 Å². The van der Waals surface area contributed by atoms with Crippen LogP contribution in [0, 0.1) is 5.41 Å². The number of rotatable bonds is 4. The zero-order valence-electron chi connectivity index (χ0n) is 13.7. The molecule has 0 aromatic heterocycles. The van der Waals surface area contributed by atoms with Crippen molar-refractivity contribution in [3.63, 3.8) is 0 Å². The summed E-state index contributed by atoms with van der Waals surface area (Å²) in [5, 5.41) is 0. The normalized spacial score (nSPS) is 13.5. The van der Waals surface area contributed by atoms with Crippen molar-refractivity contribution in [2.24, 2.45) is 5.41 Å². The fourth-order valence-corrected chi connectivity index (χ4v) is 3.38. The molecule has 0 aliphatic rings. The molecule has 1 rings (SSSR count). The largest absolute Gasteiger partial charge is 0.224 e. The summed E-state index contributed by atoms with van der Waals surface area (Å²) >= 11 is 0. The Balaban J connectivity index is 2.78. The van der Waals surface area contributed by atoms with E-state index < -0.39 is 9.84 Å². The molecule has 0 radical (unpaired) electrons. The summed E-state index contributed by atoms with van der Waals surface area (Å²) in [4.78, 5) is 0.444. The Morgan fingerprint density at radius 2 is 1.40 bits per heavy atom. The molecule has 0 bridgehead atoms. The second-order valence-corrected chi connectivity index (χ2v) is 9.87. The van der Waals surface area contributed by atoms with Gasteiger partial charge in [0.05, 0.1) is 10.6 Å². The number of benzene rings is 1. The maximum absolute atomic E-state index is 12.3. The Labute approximate surface area is 124 Å². The number of hydrogen-bond donors (Lipinski definition) is 0. The predicted octanol–water partition coefficient (Wildman–Crippen LogP) is 4.58. The molecular weight excluding hydrogens is 268 g/mol. The van der Waals surface area contributed by atoms with Crippen LogP contribution in [-0.2, 0) is 15.3 Å². The molecule has 0 N–H and O–H groups in total. The first-order chi connectivity index (χ1) is 8.92. The third kappa shape index (κ3) is 5.28. The standard InChI is InChI=1S/C17H28O2S/c1-16(2,3)12-7-13-20(18,19)15-10-8-14(9-11-15)17(4,5)6/h8-11H,7,12-13H2,1-6H3. The molecule has 0 aliphatic heterocycles. The first kappa shape index (κ1) is 17.2. The van der Waals surface area contributed by atoms with E-state index in [4.69, 9.17) is 0 Å². The molecule has 0 heterocycles. The highest BCUT2D eigenvalue weighted by Crippen LogP contribution is 2.25. The minimum Gasteiger partial charge on any atom is -0.224 e. The molecule has 0 aliphatic carbocycles. The highest BCUT2D eigenvalue weighted by atomic mass is 32.2. The third-order valence-corrected chi connectivity index (χ3v) is 5.24. The van der Waals surface area contributed by atoms with E-state index in [0.29, 0.717) is 11.3 Å². The molecule has 1 aromatic rings. The van der Waals surface area contributed by atoms with E-state index in [-0.39, 0.29) is 16.6 Å². The van der Waals surface area contributed by atoms with Gasteiger partial charge in [0.1, 0.15) is 0 Å². The van der Waals surface area contributed by atoms with Crippen molar-refractivity contribution in [3.05, 3.63) is 29.8 Å². The van der Waals surface area contributed by atoms with Gasteiger partial charge in [0.25, 0.3) is 0 Å². The zero-order valence-corrected chi connectivity index (χ0v) is 14.5. The Kier molecular flexibility index (Phi) is 5.07. The zero-order chi connectivity index (χ0) is 15.6. The Morgan fingerprint density at radius 1 is 0.900 bits per heavy atom. The lowest BCUT2D eigenvalue weighted by Crippen LogP contribution is -2.13. The summed E-state index contributed by atoms with van der Waals surface area (Å²) in [6, 6.07) is 7.34. The van der Waals surface area contributed by atoms with Crippen LogP contribution < -0.4 is 0 Å². The topological polar surface area (TPSA) is 34.1 Å². The van der Waals surface area contributed by atoms with Crippen molar-refractivity contribution in [1.29, 1.82) is 0 Å². The van der Waals surface area contributed by atoms with E-state index >= 15 is 0 Å². The Hall–Kier alpha value is -0.830. The van der Waals surface area contributed by atoms with E-state index in [1.807, 2.05) is 12.1 Å². The lowest BCUT2D eigenvalue weighted by molar-refractivity contribution is 0.373. The van der Waals surface area contributed by atoms with Crippen LogP contribution in [0.4, 0.5) is 0 Å². The molecule has 0 unspecified atom stereocenters. The van der Waals surface area contributed by atoms with Gasteiger partial charge in [-0.15, -0.1) is 0 Å². The molecule has 114 valence electrons. The lowest BCUT2D eigenvalue weighted by atomic mass is 9.87. The van der Waals surface area contributed by atoms with Crippen molar-refractivity contribution >= 4 is 9.84 Å². The monoisotopic (exact) mass is 296 g/mol. The highest BCUT2D eigenvalue weighted by Gasteiger charge is 2.19. The minimum absolute atomic E-state index is 0.0501. The van der Waals surface area contributed by atoms with E-state index in [9.17, 15) is 8.42 Å². The first-order valence-electron chi connectivity index (χ1n) is 7.25. The quantitative estimate of drug-likeness (QED) is 0.814. The van der Waals surface area contributed by atoms with Crippen molar-refractivity contribution in [3.8, 4) is 0 Å². The summed E-state index contributed by atoms with van der Waals surface area (Å²) in [5.74, 6) is 0.235. The van der Waals surface area contributed by atoms with Crippen LogP contribution >= 0.6 is 0 Å². The molecule has 0 saturated heterocycles. The first-order valence-corrected chi connectivity index (χ1v) is 8.90. The molecular formula is C17H28O2S. The van der Waals surface area contributed by atoms with Crippen LogP contribution in [0.25, 0.3) is 0 Å². The van der Waals surface area contributed by atoms with Gasteiger partial charge in [0.15, 0.2) is 9.84 Å². The van der Waals surface area contributed by atoms with E-state index in [1.54, 1.807) is 12.1 Å². The van der Waals surface area contributed by atoms with Gasteiger partial charge in [0.2, 0.25) is 0 Å². The fraction of sp³-hybridized carbons (Fsp3) is 0.647. The average Bonchev–Trinajstić information content (AvgIpc) is 2.26. The summed E-state index contributed by atoms with van der Waals surface area (Å²) in [6.45, 7) is 12.8. The summed E-state index contributed by atoms with van der Waals surface area (Å²) in [7, 11) is -3.14. The van der Waals surface area contributed by atoms with Gasteiger partial charge in [-0.05, 0) is 41.4 Å². The molecule has 0 amide bonds. The Bertz CT molecular complexity index is 526. The third-order valence-electron chi connectivity index (χ3n) is 3.42. The SMILES string of the molecule is CC(C)(C)CCCS(=O)(=O)c1ccc(C(C)(C)C)cc1. The molecule has 20 heavy (non-hydrogen) atoms. The molecule has 2 nitrogen and oxygen atoms in total.